The molecule has 1 amide bonds. The Labute approximate surface area is 284 Å². The van der Waals surface area contributed by atoms with Gasteiger partial charge < -0.3 is 9.64 Å². The highest BCUT2D eigenvalue weighted by Gasteiger charge is 2.52. The molecular formula is C35H35Cl2FN4O4S. The van der Waals surface area contributed by atoms with Crippen LogP contribution in [0.4, 0.5) is 10.1 Å². The zero-order chi connectivity index (χ0) is 32.9. The third-order valence-electron chi connectivity index (χ3n) is 9.30. The van der Waals surface area contributed by atoms with Crippen LogP contribution in [0, 0.1) is 11.7 Å². The molecule has 0 unspecified atom stereocenters. The van der Waals surface area contributed by atoms with Crippen LogP contribution >= 0.6 is 23.2 Å². The van der Waals surface area contributed by atoms with Gasteiger partial charge in [0.05, 0.1) is 36.1 Å². The minimum absolute atomic E-state index is 0.00517. The Balaban J connectivity index is 1.37. The molecule has 4 aliphatic rings. The molecule has 0 radical (unpaired) electrons. The van der Waals surface area contributed by atoms with E-state index in [1.165, 1.54) is 16.4 Å². The number of aliphatic imine (C=N–C) groups is 2. The van der Waals surface area contributed by atoms with Crippen molar-refractivity contribution in [2.75, 3.05) is 17.4 Å². The van der Waals surface area contributed by atoms with Gasteiger partial charge in [0.25, 0.3) is 5.91 Å². The van der Waals surface area contributed by atoms with E-state index < -0.39 is 45.4 Å². The lowest BCUT2D eigenvalue weighted by Gasteiger charge is -2.49. The lowest BCUT2D eigenvalue weighted by Crippen LogP contribution is -2.59. The highest BCUT2D eigenvalue weighted by Crippen LogP contribution is 2.49. The molecule has 4 atom stereocenters. The fourth-order valence-electron chi connectivity index (χ4n) is 6.69. The van der Waals surface area contributed by atoms with Gasteiger partial charge in [0.2, 0.25) is 10.0 Å². The average Bonchev–Trinajstić information content (AvgIpc) is 3.98. The number of sulfonamides is 1. The lowest BCUT2D eigenvalue weighted by molar-refractivity contribution is -0.178. The molecule has 0 bridgehead atoms. The van der Waals surface area contributed by atoms with E-state index in [4.69, 9.17) is 27.9 Å². The van der Waals surface area contributed by atoms with Crippen molar-refractivity contribution in [1.82, 2.24) is 4.90 Å². The van der Waals surface area contributed by atoms with Gasteiger partial charge in [0, 0.05) is 22.2 Å². The Morgan fingerprint density at radius 2 is 1.72 bits per heavy atom. The largest absolute Gasteiger partial charge is 0.358 e. The molecule has 8 nitrogen and oxygen atoms in total. The maximum atomic E-state index is 15.4. The zero-order valence-corrected chi connectivity index (χ0v) is 28.1. The topological polar surface area (TPSA) is 91.6 Å². The van der Waals surface area contributed by atoms with Crippen LogP contribution in [0.1, 0.15) is 62.3 Å². The first-order chi connectivity index (χ1) is 22.6. The first kappa shape index (κ1) is 32.2. The molecule has 12 heteroatoms. The van der Waals surface area contributed by atoms with Gasteiger partial charge in [-0.2, -0.15) is 0 Å². The maximum absolute atomic E-state index is 15.4. The Morgan fingerprint density at radius 3 is 2.36 bits per heavy atom. The Bertz CT molecular complexity index is 1850. The summed E-state index contributed by atoms with van der Waals surface area (Å²) in [6, 6.07) is 19.3. The lowest BCUT2D eigenvalue weighted by atomic mass is 9.88. The van der Waals surface area contributed by atoms with Gasteiger partial charge in [-0.15, -0.1) is 0 Å². The highest BCUT2D eigenvalue weighted by atomic mass is 35.5. The average molecular weight is 698 g/mol. The SMILES string of the molecule is CC1=NCC(C[C@H]2O[C@H](c3cccc(Cl)c3)[C@@H](c3ccc(Cl)cc3)N([C@H](CN(c3ccccc3F)S(=O)(=O)C3CC3)C3CC3)C2=O)=N1. The molecule has 246 valence electrons. The van der Waals surface area contributed by atoms with E-state index in [0.29, 0.717) is 35.3 Å². The van der Waals surface area contributed by atoms with Gasteiger partial charge in [0.15, 0.2) is 0 Å². The second kappa shape index (κ2) is 13.0. The predicted octanol–water partition coefficient (Wildman–Crippen LogP) is 7.18. The van der Waals surface area contributed by atoms with Crippen molar-refractivity contribution in [3.05, 3.63) is 99.8 Å². The molecule has 0 spiro atoms. The van der Waals surface area contributed by atoms with Crippen molar-refractivity contribution in [1.29, 1.82) is 0 Å². The number of halogens is 3. The molecule has 47 heavy (non-hydrogen) atoms. The van der Waals surface area contributed by atoms with E-state index in [-0.39, 0.29) is 30.5 Å². The molecular weight excluding hydrogens is 662 g/mol. The number of para-hydroxylation sites is 1. The normalized spacial score (nSPS) is 23.8. The van der Waals surface area contributed by atoms with Gasteiger partial charge >= 0.3 is 0 Å². The molecule has 0 N–H and O–H groups in total. The quantitative estimate of drug-likeness (QED) is 0.212. The predicted molar refractivity (Wildman–Crippen MR) is 182 cm³/mol. The van der Waals surface area contributed by atoms with E-state index in [9.17, 15) is 13.2 Å². The van der Waals surface area contributed by atoms with Crippen LogP contribution in [0.15, 0.2) is 82.8 Å². The molecule has 1 saturated heterocycles. The number of anilines is 1. The van der Waals surface area contributed by atoms with E-state index in [1.807, 2.05) is 42.2 Å². The summed E-state index contributed by atoms with van der Waals surface area (Å²) in [6.07, 6.45) is 1.32. The van der Waals surface area contributed by atoms with E-state index >= 15 is 4.39 Å². The third kappa shape index (κ3) is 6.70. The highest BCUT2D eigenvalue weighted by molar-refractivity contribution is 7.93. The number of hydrogen-bond donors (Lipinski definition) is 0. The minimum Gasteiger partial charge on any atom is -0.358 e. The van der Waals surface area contributed by atoms with Crippen LogP contribution in [0.3, 0.4) is 0 Å². The Kier molecular flexibility index (Phi) is 8.89. The molecule has 2 saturated carbocycles. The minimum atomic E-state index is -3.90. The first-order valence-corrected chi connectivity index (χ1v) is 18.2. The molecule has 3 fully saturated rings. The molecule has 0 aromatic heterocycles. The van der Waals surface area contributed by atoms with E-state index in [2.05, 4.69) is 9.98 Å². The number of rotatable bonds is 11. The standard InChI is InChI=1S/C35H35Cl2FN4O4S/c1-21-39-19-27(40-21)18-32-35(43)42(33(23-11-13-25(36)14-12-23)34(46-32)24-5-4-6-26(37)17-24)31(22-9-10-22)20-41(47(44,45)28-15-16-28)30-8-3-2-7-29(30)38/h2-8,11-14,17,22,28,31-34H,9-10,15-16,18-20H2,1H3/t31-,32-,33-,34-/m1/s1. The van der Waals surface area contributed by atoms with Gasteiger partial charge in [0.1, 0.15) is 23.9 Å². The van der Waals surface area contributed by atoms with Gasteiger partial charge in [-0.05, 0) is 86.1 Å². The smallest absolute Gasteiger partial charge is 0.253 e. The number of ether oxygens (including phenoxy) is 1. The van der Waals surface area contributed by atoms with Crippen molar-refractivity contribution < 1.29 is 22.3 Å². The first-order valence-electron chi connectivity index (χ1n) is 15.9. The second-order valence-electron chi connectivity index (χ2n) is 12.7. The number of nitrogens with zero attached hydrogens (tertiary/aromatic N) is 4. The molecule has 2 aliphatic carbocycles. The van der Waals surface area contributed by atoms with E-state index in [1.54, 1.807) is 30.3 Å². The van der Waals surface area contributed by atoms with Gasteiger partial charge in [-0.1, -0.05) is 59.6 Å². The van der Waals surface area contributed by atoms with Crippen molar-refractivity contribution in [3.8, 4) is 0 Å². The number of carbonyl (C=O) groups excluding carboxylic acids is 1. The Hall–Kier alpha value is -3.31. The van der Waals surface area contributed by atoms with Crippen LogP contribution in [0.2, 0.25) is 10.0 Å². The summed E-state index contributed by atoms with van der Waals surface area (Å²) in [5, 5.41) is 0.477. The number of hydrogen-bond acceptors (Lipinski definition) is 6. The van der Waals surface area contributed by atoms with Crippen molar-refractivity contribution in [2.24, 2.45) is 15.9 Å². The summed E-state index contributed by atoms with van der Waals surface area (Å²) < 4.78 is 51.4. The van der Waals surface area contributed by atoms with E-state index in [0.717, 1.165) is 29.7 Å². The van der Waals surface area contributed by atoms with Crippen LogP contribution < -0.4 is 4.31 Å². The maximum Gasteiger partial charge on any atom is 0.253 e. The van der Waals surface area contributed by atoms with Crippen LogP contribution in [-0.2, 0) is 19.6 Å². The monoisotopic (exact) mass is 696 g/mol. The fraction of sp³-hybridized carbons (Fsp3) is 0.400. The second-order valence-corrected chi connectivity index (χ2v) is 15.7. The van der Waals surface area contributed by atoms with Gasteiger partial charge in [-0.3, -0.25) is 14.1 Å². The van der Waals surface area contributed by atoms with Crippen molar-refractivity contribution >= 4 is 56.4 Å². The summed E-state index contributed by atoms with van der Waals surface area (Å²) in [5.74, 6) is -0.249. The van der Waals surface area contributed by atoms with Crippen molar-refractivity contribution in [3.63, 3.8) is 0 Å². The van der Waals surface area contributed by atoms with Crippen LogP contribution in [0.5, 0.6) is 0 Å². The number of benzene rings is 3. The molecule has 3 aromatic carbocycles. The van der Waals surface area contributed by atoms with Gasteiger partial charge in [-0.25, -0.2) is 17.8 Å². The molecule has 7 rings (SSSR count). The zero-order valence-electron chi connectivity index (χ0n) is 25.8. The number of morpholine rings is 1. The summed E-state index contributed by atoms with van der Waals surface area (Å²) in [6.45, 7) is 2.11. The molecule has 3 aromatic rings. The summed E-state index contributed by atoms with van der Waals surface area (Å²) in [5.41, 5.74) is 2.27. The summed E-state index contributed by atoms with van der Waals surface area (Å²) in [7, 11) is -3.90. The Morgan fingerprint density at radius 1 is 0.979 bits per heavy atom. The molecule has 2 heterocycles. The van der Waals surface area contributed by atoms with Crippen molar-refractivity contribution in [2.45, 2.75) is 68.6 Å². The summed E-state index contributed by atoms with van der Waals surface area (Å²) >= 11 is 12.8. The van der Waals surface area contributed by atoms with Crippen LogP contribution in [-0.4, -0.2) is 61.3 Å². The summed E-state index contributed by atoms with van der Waals surface area (Å²) in [4.78, 5) is 25.6. The molecule has 2 aliphatic heterocycles. The fourth-order valence-corrected chi connectivity index (χ4v) is 8.89. The third-order valence-corrected chi connectivity index (χ3v) is 12.1. The number of amidine groups is 1. The van der Waals surface area contributed by atoms with Crippen LogP contribution in [0.25, 0.3) is 0 Å². The number of amides is 1. The number of carbonyl (C=O) groups is 1.